The predicted molar refractivity (Wildman–Crippen MR) is 108 cm³/mol. The van der Waals surface area contributed by atoms with Gasteiger partial charge in [0.1, 0.15) is 17.1 Å². The number of amides is 3. The van der Waals surface area contributed by atoms with Gasteiger partial charge in [0.15, 0.2) is 5.75 Å². The lowest BCUT2D eigenvalue weighted by Gasteiger charge is -2.33. The average molecular weight is 394 g/mol. The minimum atomic E-state index is -0.679. The van der Waals surface area contributed by atoms with Crippen molar-refractivity contribution >= 4 is 23.7 Å². The Morgan fingerprint density at radius 2 is 1.97 bits per heavy atom. The number of likely N-dealkylation sites (N-methyl/N-ethyl adjacent to an activating group) is 1. The highest BCUT2D eigenvalue weighted by atomic mass is 16.5. The van der Waals surface area contributed by atoms with Crippen molar-refractivity contribution in [2.45, 2.75) is 26.8 Å². The molecule has 29 heavy (non-hydrogen) atoms. The smallest absolute Gasteiger partial charge is 0.407 e. The zero-order valence-electron chi connectivity index (χ0n) is 17.3. The topological polar surface area (TPSA) is 71.0 Å². The maximum Gasteiger partial charge on any atom is 0.407 e. The number of nitrogens with zero attached hydrogens (tertiary/aromatic N) is 5. The second-order valence-electron chi connectivity index (χ2n) is 7.44. The molecule has 150 valence electrons. The van der Waals surface area contributed by atoms with Crippen LogP contribution in [-0.2, 0) is 4.79 Å². The van der Waals surface area contributed by atoms with Crippen LogP contribution in [0.25, 0.3) is 5.69 Å². The van der Waals surface area contributed by atoms with Gasteiger partial charge in [-0.3, -0.25) is 14.6 Å². The number of benzene rings is 1. The van der Waals surface area contributed by atoms with Crippen molar-refractivity contribution in [3.05, 3.63) is 47.8 Å². The van der Waals surface area contributed by atoms with Crippen LogP contribution in [0.4, 0.5) is 10.7 Å². The molecule has 0 bridgehead atoms. The van der Waals surface area contributed by atoms with Crippen molar-refractivity contribution in [3.63, 3.8) is 0 Å². The molecule has 8 heteroatoms. The Morgan fingerprint density at radius 3 is 2.62 bits per heavy atom. The first-order chi connectivity index (χ1) is 13.8. The number of ether oxygens (including phenoxy) is 1. The standard InChI is InChI=1S/C21H24N5O3/c1-12(2)11-24-19(27)17-18(23(5)21(24)28)22-20-25(13(3)14(4)26(17)20)15-9-7-8-10-16(15)29-6/h7-10,17H,1,11H2,2-6H3/q+1. The number of amidine groups is 1. The van der Waals surface area contributed by atoms with E-state index in [0.717, 1.165) is 22.6 Å². The monoisotopic (exact) mass is 394 g/mol. The van der Waals surface area contributed by atoms with Crippen molar-refractivity contribution in [2.75, 3.05) is 20.7 Å². The van der Waals surface area contributed by atoms with Crippen molar-refractivity contribution in [2.24, 2.45) is 4.99 Å². The van der Waals surface area contributed by atoms with Gasteiger partial charge in [-0.05, 0) is 32.9 Å². The summed E-state index contributed by atoms with van der Waals surface area (Å²) >= 11 is 0. The molecule has 1 aromatic heterocycles. The number of carbonyl (C=O) groups excluding carboxylic acids is 2. The number of imide groups is 1. The molecular weight excluding hydrogens is 370 g/mol. The van der Waals surface area contributed by atoms with E-state index in [4.69, 9.17) is 9.73 Å². The van der Waals surface area contributed by atoms with E-state index in [1.54, 1.807) is 21.1 Å². The summed E-state index contributed by atoms with van der Waals surface area (Å²) in [6.07, 6.45) is 0. The lowest BCUT2D eigenvalue weighted by Crippen LogP contribution is -2.63. The number of methoxy groups -OCH3 is 1. The van der Waals surface area contributed by atoms with Crippen LogP contribution in [-0.4, -0.2) is 52.8 Å². The molecule has 1 aromatic carbocycles. The third-order valence-corrected chi connectivity index (χ3v) is 5.47. The van der Waals surface area contributed by atoms with Crippen LogP contribution < -0.4 is 9.30 Å². The summed E-state index contributed by atoms with van der Waals surface area (Å²) in [5.41, 5.74) is 3.42. The summed E-state index contributed by atoms with van der Waals surface area (Å²) in [7, 11) is 3.27. The van der Waals surface area contributed by atoms with Gasteiger partial charge in [0.25, 0.3) is 5.91 Å². The maximum absolute atomic E-state index is 13.3. The molecule has 2 aliphatic heterocycles. The van der Waals surface area contributed by atoms with E-state index in [2.05, 4.69) is 6.58 Å². The van der Waals surface area contributed by atoms with Gasteiger partial charge in [0.2, 0.25) is 11.9 Å². The van der Waals surface area contributed by atoms with Gasteiger partial charge in [-0.1, -0.05) is 29.3 Å². The van der Waals surface area contributed by atoms with Crippen molar-refractivity contribution in [3.8, 4) is 11.4 Å². The van der Waals surface area contributed by atoms with Gasteiger partial charge in [-0.2, -0.15) is 4.57 Å². The SMILES string of the molecule is C=C(C)CN1C(=O)C2C(=Nc3n(-c4ccccc4OC)c(C)c(C)[n+]32)N(C)C1=O. The van der Waals surface area contributed by atoms with Crippen LogP contribution in [0.15, 0.2) is 41.4 Å². The average Bonchev–Trinajstić information content (AvgIpc) is 3.19. The number of fused-ring (bicyclic) bond motifs is 3. The summed E-state index contributed by atoms with van der Waals surface area (Å²) in [5, 5.41) is 0. The lowest BCUT2D eigenvalue weighted by molar-refractivity contribution is -0.682. The predicted octanol–water partition coefficient (Wildman–Crippen LogP) is 2.45. The number of hydrogen-bond acceptors (Lipinski definition) is 4. The molecule has 8 nitrogen and oxygen atoms in total. The largest absolute Gasteiger partial charge is 0.493 e. The minimum absolute atomic E-state index is 0.187. The second kappa shape index (κ2) is 6.58. The highest BCUT2D eigenvalue weighted by Crippen LogP contribution is 2.35. The molecule has 2 aromatic rings. The molecule has 0 radical (unpaired) electrons. The van der Waals surface area contributed by atoms with E-state index in [1.807, 2.05) is 47.2 Å². The molecule has 2 aliphatic rings. The molecule has 1 unspecified atom stereocenters. The maximum atomic E-state index is 13.3. The van der Waals surface area contributed by atoms with Gasteiger partial charge in [-0.15, -0.1) is 0 Å². The summed E-state index contributed by atoms with van der Waals surface area (Å²) < 4.78 is 9.40. The Morgan fingerprint density at radius 1 is 1.28 bits per heavy atom. The Hall–Kier alpha value is -3.42. The molecule has 1 atom stereocenters. The van der Waals surface area contributed by atoms with E-state index >= 15 is 0 Å². The number of para-hydroxylation sites is 2. The molecule has 0 aliphatic carbocycles. The van der Waals surface area contributed by atoms with Crippen molar-refractivity contribution in [1.82, 2.24) is 14.4 Å². The zero-order chi connectivity index (χ0) is 21.0. The van der Waals surface area contributed by atoms with Crippen LogP contribution >= 0.6 is 0 Å². The van der Waals surface area contributed by atoms with E-state index in [1.165, 1.54) is 9.80 Å². The number of urea groups is 1. The van der Waals surface area contributed by atoms with Crippen LogP contribution in [0, 0.1) is 13.8 Å². The van der Waals surface area contributed by atoms with Gasteiger partial charge in [0, 0.05) is 7.05 Å². The van der Waals surface area contributed by atoms with Gasteiger partial charge >= 0.3 is 12.0 Å². The van der Waals surface area contributed by atoms with E-state index in [0.29, 0.717) is 17.5 Å². The first-order valence-corrected chi connectivity index (χ1v) is 9.36. The van der Waals surface area contributed by atoms with Crippen LogP contribution in [0.1, 0.15) is 24.4 Å². The van der Waals surface area contributed by atoms with E-state index in [-0.39, 0.29) is 12.5 Å². The van der Waals surface area contributed by atoms with Crippen LogP contribution in [0.3, 0.4) is 0 Å². The van der Waals surface area contributed by atoms with Gasteiger partial charge in [0.05, 0.1) is 13.7 Å². The summed E-state index contributed by atoms with van der Waals surface area (Å²) in [5.74, 6) is 1.43. The van der Waals surface area contributed by atoms with E-state index in [9.17, 15) is 9.59 Å². The molecule has 3 amide bonds. The Labute approximate surface area is 169 Å². The molecule has 4 rings (SSSR count). The minimum Gasteiger partial charge on any atom is -0.493 e. The van der Waals surface area contributed by atoms with Crippen LogP contribution in [0.5, 0.6) is 5.75 Å². The fourth-order valence-electron chi connectivity index (χ4n) is 3.95. The third kappa shape index (κ3) is 2.59. The lowest BCUT2D eigenvalue weighted by atomic mass is 10.1. The number of rotatable bonds is 4. The Bertz CT molecular complexity index is 1100. The van der Waals surface area contributed by atoms with Gasteiger partial charge in [-0.25, -0.2) is 9.36 Å². The quantitative estimate of drug-likeness (QED) is 0.591. The highest BCUT2D eigenvalue weighted by Gasteiger charge is 2.54. The summed E-state index contributed by atoms with van der Waals surface area (Å²) in [4.78, 5) is 33.5. The first kappa shape index (κ1) is 18.9. The molecule has 0 spiro atoms. The Balaban J connectivity index is 1.92. The molecule has 0 N–H and O–H groups in total. The number of aliphatic imine (C=N–C) groups is 1. The summed E-state index contributed by atoms with van der Waals surface area (Å²) in [6, 6.07) is 6.58. The highest BCUT2D eigenvalue weighted by molar-refractivity contribution is 6.19. The fraction of sp³-hybridized carbons (Fsp3) is 0.333. The number of imidazole rings is 1. The first-order valence-electron chi connectivity index (χ1n) is 9.36. The molecule has 1 saturated heterocycles. The van der Waals surface area contributed by atoms with Crippen molar-refractivity contribution < 1.29 is 18.9 Å². The number of hydrogen-bond donors (Lipinski definition) is 0. The van der Waals surface area contributed by atoms with Crippen LogP contribution in [0.2, 0.25) is 0 Å². The molecule has 3 heterocycles. The fourth-order valence-corrected chi connectivity index (χ4v) is 3.95. The van der Waals surface area contributed by atoms with E-state index < -0.39 is 12.1 Å². The zero-order valence-corrected chi connectivity index (χ0v) is 17.3. The summed E-state index contributed by atoms with van der Waals surface area (Å²) in [6.45, 7) is 9.77. The number of carbonyl (C=O) groups is 2. The molecule has 1 fully saturated rings. The Kier molecular flexibility index (Phi) is 4.29. The molecule has 0 saturated carbocycles. The normalized spacial score (nSPS) is 18.0. The van der Waals surface area contributed by atoms with Crippen molar-refractivity contribution in [1.29, 1.82) is 0 Å². The van der Waals surface area contributed by atoms with Gasteiger partial charge < -0.3 is 4.74 Å². The molecular formula is C21H24N5O3+. The third-order valence-electron chi connectivity index (χ3n) is 5.47. The second-order valence-corrected chi connectivity index (χ2v) is 7.44. The number of aromatic nitrogens is 2.